The van der Waals surface area contributed by atoms with Gasteiger partial charge in [-0.2, -0.15) is 0 Å². The molecule has 1 aromatic heterocycles. The van der Waals surface area contributed by atoms with E-state index in [0.29, 0.717) is 22.7 Å². The number of hydrogen-bond acceptors (Lipinski definition) is 4. The Labute approximate surface area is 168 Å². The van der Waals surface area contributed by atoms with Crippen molar-refractivity contribution in [3.05, 3.63) is 83.9 Å². The fraction of sp³-hybridized carbons (Fsp3) is 0.0833. The molecule has 0 saturated carbocycles. The van der Waals surface area contributed by atoms with Crippen molar-refractivity contribution < 1.29 is 14.3 Å². The molecule has 4 rings (SSSR count). The van der Waals surface area contributed by atoms with E-state index < -0.39 is 0 Å². The van der Waals surface area contributed by atoms with Gasteiger partial charge in [-0.1, -0.05) is 43.3 Å². The maximum Gasteiger partial charge on any atom is 0.248 e. The molecule has 0 atom stereocenters. The fourth-order valence-electron chi connectivity index (χ4n) is 3.02. The number of phenolic OH excluding ortho intramolecular Hbond substituents is 1. The minimum Gasteiger partial charge on any atom is -0.507 e. The predicted octanol–water partition coefficient (Wildman–Crippen LogP) is 5.41. The summed E-state index contributed by atoms with van der Waals surface area (Å²) in [6.45, 7) is 2.08. The first-order valence-electron chi connectivity index (χ1n) is 9.39. The second-order valence-corrected chi connectivity index (χ2v) is 6.64. The van der Waals surface area contributed by atoms with E-state index in [2.05, 4.69) is 17.2 Å². The Hall–Kier alpha value is -3.86. The molecular weight excluding hydrogens is 364 g/mol. The molecule has 0 unspecified atom stereocenters. The summed E-state index contributed by atoms with van der Waals surface area (Å²) in [5.41, 5.74) is 4.48. The number of anilines is 1. The van der Waals surface area contributed by atoms with Gasteiger partial charge in [0.1, 0.15) is 11.3 Å². The number of hydrogen-bond donors (Lipinski definition) is 2. The molecule has 2 N–H and O–H groups in total. The highest BCUT2D eigenvalue weighted by atomic mass is 16.3. The van der Waals surface area contributed by atoms with E-state index in [1.54, 1.807) is 18.2 Å². The molecule has 0 aliphatic rings. The molecule has 0 spiro atoms. The quantitative estimate of drug-likeness (QED) is 0.451. The van der Waals surface area contributed by atoms with Crippen molar-refractivity contribution in [3.8, 4) is 17.2 Å². The van der Waals surface area contributed by atoms with E-state index in [1.807, 2.05) is 48.5 Å². The van der Waals surface area contributed by atoms with Gasteiger partial charge < -0.3 is 14.8 Å². The summed E-state index contributed by atoms with van der Waals surface area (Å²) in [6, 6.07) is 20.3. The van der Waals surface area contributed by atoms with Crippen molar-refractivity contribution in [2.24, 2.45) is 0 Å². The summed E-state index contributed by atoms with van der Waals surface area (Å²) >= 11 is 0. The molecule has 1 heterocycles. The molecule has 0 aliphatic carbocycles. The molecule has 0 aliphatic heterocycles. The zero-order valence-corrected chi connectivity index (χ0v) is 15.9. The van der Waals surface area contributed by atoms with Gasteiger partial charge in [0.2, 0.25) is 11.8 Å². The van der Waals surface area contributed by atoms with Crippen LogP contribution in [0.4, 0.5) is 5.69 Å². The molecule has 0 fully saturated rings. The van der Waals surface area contributed by atoms with Crippen LogP contribution in [0, 0.1) is 0 Å². The third-order valence-electron chi connectivity index (χ3n) is 4.58. The minimum atomic E-state index is -0.282. The zero-order chi connectivity index (χ0) is 20.2. The van der Waals surface area contributed by atoms with Gasteiger partial charge in [-0.15, -0.1) is 0 Å². The van der Waals surface area contributed by atoms with Crippen molar-refractivity contribution in [1.29, 1.82) is 0 Å². The molecule has 29 heavy (non-hydrogen) atoms. The minimum absolute atomic E-state index is 0.0166. The predicted molar refractivity (Wildman–Crippen MR) is 115 cm³/mol. The lowest BCUT2D eigenvalue weighted by molar-refractivity contribution is -0.111. The van der Waals surface area contributed by atoms with Gasteiger partial charge >= 0.3 is 0 Å². The Morgan fingerprint density at radius 2 is 1.93 bits per heavy atom. The molecule has 144 valence electrons. The van der Waals surface area contributed by atoms with Gasteiger partial charge in [0.05, 0.1) is 5.56 Å². The van der Waals surface area contributed by atoms with E-state index in [0.717, 1.165) is 17.5 Å². The number of fused-ring (bicyclic) bond motifs is 1. The van der Waals surface area contributed by atoms with Crippen LogP contribution >= 0.6 is 0 Å². The van der Waals surface area contributed by atoms with Crippen molar-refractivity contribution in [1.82, 2.24) is 4.98 Å². The van der Waals surface area contributed by atoms with Crippen LogP contribution in [0.2, 0.25) is 0 Å². The third kappa shape index (κ3) is 4.19. The summed E-state index contributed by atoms with van der Waals surface area (Å²) in [7, 11) is 0. The zero-order valence-electron chi connectivity index (χ0n) is 15.9. The largest absolute Gasteiger partial charge is 0.507 e. The first kappa shape index (κ1) is 18.5. The average Bonchev–Trinajstić information content (AvgIpc) is 3.16. The van der Waals surface area contributed by atoms with Crippen LogP contribution in [0.5, 0.6) is 5.75 Å². The normalized spacial score (nSPS) is 11.2. The maximum atomic E-state index is 12.1. The van der Waals surface area contributed by atoms with Gasteiger partial charge in [-0.25, -0.2) is 4.98 Å². The van der Waals surface area contributed by atoms with Crippen LogP contribution in [0.25, 0.3) is 28.6 Å². The number of amides is 1. The molecule has 0 bridgehead atoms. The van der Waals surface area contributed by atoms with Gasteiger partial charge in [0.25, 0.3) is 0 Å². The summed E-state index contributed by atoms with van der Waals surface area (Å²) in [6.07, 6.45) is 4.09. The first-order chi connectivity index (χ1) is 14.1. The molecule has 3 aromatic carbocycles. The number of phenols is 1. The van der Waals surface area contributed by atoms with Crippen LogP contribution in [0.15, 0.2) is 77.2 Å². The van der Waals surface area contributed by atoms with E-state index in [1.165, 1.54) is 17.7 Å². The fourth-order valence-corrected chi connectivity index (χ4v) is 3.02. The second-order valence-electron chi connectivity index (χ2n) is 6.64. The monoisotopic (exact) mass is 384 g/mol. The summed E-state index contributed by atoms with van der Waals surface area (Å²) in [4.78, 5) is 16.6. The molecule has 0 radical (unpaired) electrons. The molecule has 5 nitrogen and oxygen atoms in total. The molecular formula is C24H20N2O3. The lowest BCUT2D eigenvalue weighted by Crippen LogP contribution is -2.07. The van der Waals surface area contributed by atoms with Crippen molar-refractivity contribution in [2.45, 2.75) is 13.3 Å². The maximum absolute atomic E-state index is 12.1. The number of rotatable bonds is 5. The topological polar surface area (TPSA) is 75.4 Å². The Balaban J connectivity index is 1.52. The van der Waals surface area contributed by atoms with Crippen molar-refractivity contribution >= 4 is 28.8 Å². The van der Waals surface area contributed by atoms with Gasteiger partial charge in [-0.3, -0.25) is 4.79 Å². The highest BCUT2D eigenvalue weighted by molar-refractivity contribution is 6.02. The number of nitrogens with one attached hydrogen (secondary N) is 1. The number of aryl methyl sites for hydroxylation is 1. The standard InChI is InChI=1S/C24H20N2O3/c1-2-16-8-12-22-20(14-16)26-24(29-22)19-11-10-18(15-21(19)27)25-23(28)13-9-17-6-4-3-5-7-17/h3-15,27H,2H2,1H3,(H,25,28)/b13-9+. The van der Waals surface area contributed by atoms with Crippen molar-refractivity contribution in [2.75, 3.05) is 5.32 Å². The number of oxazole rings is 1. The SMILES string of the molecule is CCc1ccc2oc(-c3ccc(NC(=O)/C=C/c4ccccc4)cc3O)nc2c1. The summed E-state index contributed by atoms with van der Waals surface area (Å²) < 4.78 is 5.77. The smallest absolute Gasteiger partial charge is 0.248 e. The lowest BCUT2D eigenvalue weighted by atomic mass is 10.1. The number of carbonyl (C=O) groups excluding carboxylic acids is 1. The number of benzene rings is 3. The van der Waals surface area contributed by atoms with Gasteiger partial charge in [0.15, 0.2) is 5.58 Å². The number of carbonyl (C=O) groups is 1. The molecule has 0 saturated heterocycles. The van der Waals surface area contributed by atoms with Crippen molar-refractivity contribution in [3.63, 3.8) is 0 Å². The van der Waals surface area contributed by atoms with Gasteiger partial charge in [-0.05, 0) is 47.9 Å². The van der Waals surface area contributed by atoms with E-state index in [9.17, 15) is 9.90 Å². The van der Waals surface area contributed by atoms with Crippen LogP contribution < -0.4 is 5.32 Å². The number of aromatic nitrogens is 1. The molecule has 4 aromatic rings. The highest BCUT2D eigenvalue weighted by Crippen LogP contribution is 2.33. The number of aromatic hydroxyl groups is 1. The Morgan fingerprint density at radius 3 is 2.69 bits per heavy atom. The van der Waals surface area contributed by atoms with Crippen LogP contribution in [-0.4, -0.2) is 16.0 Å². The van der Waals surface area contributed by atoms with Gasteiger partial charge in [0, 0.05) is 17.8 Å². The number of nitrogens with zero attached hydrogens (tertiary/aromatic N) is 1. The summed E-state index contributed by atoms with van der Waals surface area (Å²) in [5, 5.41) is 13.2. The Bertz CT molecular complexity index is 1190. The summed E-state index contributed by atoms with van der Waals surface area (Å²) in [5.74, 6) is 0.0414. The average molecular weight is 384 g/mol. The highest BCUT2D eigenvalue weighted by Gasteiger charge is 2.13. The second kappa shape index (κ2) is 8.02. The third-order valence-corrected chi connectivity index (χ3v) is 4.58. The van der Waals surface area contributed by atoms with Crippen LogP contribution in [0.1, 0.15) is 18.1 Å². The Kier molecular flexibility index (Phi) is 5.12. The molecule has 5 heteroatoms. The lowest BCUT2D eigenvalue weighted by Gasteiger charge is -2.05. The van der Waals surface area contributed by atoms with Crippen LogP contribution in [0.3, 0.4) is 0 Å². The van der Waals surface area contributed by atoms with E-state index in [4.69, 9.17) is 4.42 Å². The van der Waals surface area contributed by atoms with Crippen LogP contribution in [-0.2, 0) is 11.2 Å². The Morgan fingerprint density at radius 1 is 1.10 bits per heavy atom. The molecule has 1 amide bonds. The van der Waals surface area contributed by atoms with E-state index in [-0.39, 0.29) is 11.7 Å². The first-order valence-corrected chi connectivity index (χ1v) is 9.39. The van der Waals surface area contributed by atoms with E-state index >= 15 is 0 Å².